The van der Waals surface area contributed by atoms with Crippen molar-refractivity contribution in [3.8, 4) is 0 Å². The number of carbonyl (C=O) groups is 1. The van der Waals surface area contributed by atoms with Crippen molar-refractivity contribution in [1.29, 1.82) is 0 Å². The zero-order chi connectivity index (χ0) is 17.4. The van der Waals surface area contributed by atoms with Crippen molar-refractivity contribution in [3.63, 3.8) is 0 Å². The third-order valence-electron chi connectivity index (χ3n) is 9.08. The van der Waals surface area contributed by atoms with Crippen LogP contribution >= 0.6 is 0 Å². The van der Waals surface area contributed by atoms with Gasteiger partial charge in [0.15, 0.2) is 0 Å². The van der Waals surface area contributed by atoms with Crippen molar-refractivity contribution in [2.45, 2.75) is 77.2 Å². The van der Waals surface area contributed by atoms with Gasteiger partial charge in [-0.25, -0.2) is 0 Å². The Hall–Kier alpha value is -0.610. The van der Waals surface area contributed by atoms with Crippen LogP contribution in [0.5, 0.6) is 0 Å². The summed E-state index contributed by atoms with van der Waals surface area (Å²) >= 11 is 0. The number of aliphatic carboxylic acids is 1. The molecule has 1 unspecified atom stereocenters. The fraction of sp³-hybridized carbons (Fsp3) is 0.950. The topological polar surface area (TPSA) is 77.8 Å². The van der Waals surface area contributed by atoms with Gasteiger partial charge in [-0.3, -0.25) is 4.79 Å². The first-order valence-corrected chi connectivity index (χ1v) is 9.77. The minimum Gasteiger partial charge on any atom is -0.481 e. The van der Waals surface area contributed by atoms with Crippen LogP contribution in [0.2, 0.25) is 0 Å². The third kappa shape index (κ3) is 1.90. The van der Waals surface area contributed by atoms with Gasteiger partial charge in [0.25, 0.3) is 0 Å². The summed E-state index contributed by atoms with van der Waals surface area (Å²) in [6.45, 7) is 4.19. The van der Waals surface area contributed by atoms with Crippen LogP contribution in [0.1, 0.15) is 71.6 Å². The molecule has 3 N–H and O–H groups in total. The SMILES string of the molecule is CC1(C(=O)O)CCC[C@@]2(C)[C@H]1CC[C@]13C[C@@H](CC[C@@H]12)[C@](O)(CO)C3. The maximum Gasteiger partial charge on any atom is 0.309 e. The summed E-state index contributed by atoms with van der Waals surface area (Å²) in [5.74, 6) is 0.348. The molecule has 1 spiro atoms. The molecule has 0 aromatic carbocycles. The largest absolute Gasteiger partial charge is 0.481 e. The molecule has 2 bridgehead atoms. The van der Waals surface area contributed by atoms with Gasteiger partial charge < -0.3 is 15.3 Å². The predicted molar refractivity (Wildman–Crippen MR) is 90.3 cm³/mol. The van der Waals surface area contributed by atoms with Gasteiger partial charge in [0.05, 0.1) is 17.6 Å². The van der Waals surface area contributed by atoms with Crippen LogP contribution in [0.4, 0.5) is 0 Å². The maximum atomic E-state index is 12.1. The van der Waals surface area contributed by atoms with Gasteiger partial charge in [0.1, 0.15) is 0 Å². The molecule has 0 amide bonds. The standard InChI is InChI=1S/C20H32O4/c1-17-7-3-8-18(2,16(22)23)14(17)6-9-19-10-13(4-5-15(17)19)20(24,11-19)12-21/h13-15,21,24H,3-12H2,1-2H3,(H,22,23)/t13-,14-,15-,17+,18?,19-,20-/m1/s1. The lowest BCUT2D eigenvalue weighted by Gasteiger charge is -2.63. The van der Waals surface area contributed by atoms with Crippen molar-refractivity contribution in [2.24, 2.45) is 34.0 Å². The zero-order valence-corrected chi connectivity index (χ0v) is 15.1. The molecule has 4 saturated carbocycles. The van der Waals surface area contributed by atoms with Crippen LogP contribution in [-0.2, 0) is 4.79 Å². The van der Waals surface area contributed by atoms with Gasteiger partial charge in [0, 0.05) is 0 Å². The van der Waals surface area contributed by atoms with Crippen molar-refractivity contribution >= 4 is 5.97 Å². The lowest BCUT2D eigenvalue weighted by atomic mass is 9.41. The lowest BCUT2D eigenvalue weighted by Crippen LogP contribution is -2.58. The summed E-state index contributed by atoms with van der Waals surface area (Å²) in [5, 5.41) is 30.6. The summed E-state index contributed by atoms with van der Waals surface area (Å²) < 4.78 is 0. The molecule has 4 heteroatoms. The Morgan fingerprint density at radius 1 is 1.08 bits per heavy atom. The van der Waals surface area contributed by atoms with Gasteiger partial charge >= 0.3 is 5.97 Å². The second kappa shape index (κ2) is 4.97. The highest BCUT2D eigenvalue weighted by atomic mass is 16.4. The van der Waals surface area contributed by atoms with E-state index >= 15 is 0 Å². The number of rotatable bonds is 2. The third-order valence-corrected chi connectivity index (χ3v) is 9.08. The average molecular weight is 336 g/mol. The van der Waals surface area contributed by atoms with Gasteiger partial charge in [-0.1, -0.05) is 13.3 Å². The highest BCUT2D eigenvalue weighted by molar-refractivity contribution is 5.75. The molecular formula is C20H32O4. The van der Waals surface area contributed by atoms with Gasteiger partial charge in [-0.2, -0.15) is 0 Å². The molecular weight excluding hydrogens is 304 g/mol. The highest BCUT2D eigenvalue weighted by Crippen LogP contribution is 2.72. The molecule has 4 aliphatic rings. The lowest BCUT2D eigenvalue weighted by molar-refractivity contribution is -0.181. The number of carboxylic acids is 1. The van der Waals surface area contributed by atoms with Gasteiger partial charge in [0.2, 0.25) is 0 Å². The normalized spacial score (nSPS) is 56.4. The number of hydrogen-bond donors (Lipinski definition) is 3. The molecule has 0 saturated heterocycles. The zero-order valence-electron chi connectivity index (χ0n) is 15.1. The molecule has 4 rings (SSSR count). The summed E-state index contributed by atoms with van der Waals surface area (Å²) in [4.78, 5) is 12.1. The number of hydrogen-bond acceptors (Lipinski definition) is 3. The minimum absolute atomic E-state index is 0.0648. The summed E-state index contributed by atoms with van der Waals surface area (Å²) in [6.07, 6.45) is 8.73. The molecule has 7 atom stereocenters. The van der Waals surface area contributed by atoms with E-state index in [-0.39, 0.29) is 29.3 Å². The molecule has 0 aromatic heterocycles. The van der Waals surface area contributed by atoms with E-state index in [1.165, 1.54) is 0 Å². The fourth-order valence-electron chi connectivity index (χ4n) is 8.06. The van der Waals surface area contributed by atoms with E-state index in [9.17, 15) is 20.1 Å². The maximum absolute atomic E-state index is 12.1. The van der Waals surface area contributed by atoms with Gasteiger partial charge in [-0.15, -0.1) is 0 Å². The van der Waals surface area contributed by atoms with E-state index in [1.54, 1.807) is 0 Å². The number of aliphatic hydroxyl groups excluding tert-OH is 1. The first-order valence-electron chi connectivity index (χ1n) is 9.77. The second-order valence-corrected chi connectivity index (χ2v) is 10.0. The Morgan fingerprint density at radius 3 is 2.50 bits per heavy atom. The summed E-state index contributed by atoms with van der Waals surface area (Å²) in [6, 6.07) is 0. The first kappa shape index (κ1) is 16.8. The Labute approximate surface area is 144 Å². The Kier molecular flexibility index (Phi) is 3.49. The Morgan fingerprint density at radius 2 is 1.83 bits per heavy atom. The second-order valence-electron chi connectivity index (χ2n) is 10.0. The molecule has 136 valence electrons. The highest BCUT2D eigenvalue weighted by Gasteiger charge is 2.68. The van der Waals surface area contributed by atoms with Crippen molar-refractivity contribution in [3.05, 3.63) is 0 Å². The van der Waals surface area contributed by atoms with Crippen molar-refractivity contribution in [2.75, 3.05) is 6.61 Å². The molecule has 0 aromatic rings. The van der Waals surface area contributed by atoms with E-state index in [0.29, 0.717) is 5.92 Å². The molecule has 0 heterocycles. The molecule has 4 nitrogen and oxygen atoms in total. The number of fused-ring (bicyclic) bond motifs is 3. The molecule has 24 heavy (non-hydrogen) atoms. The van der Waals surface area contributed by atoms with E-state index < -0.39 is 17.0 Å². The van der Waals surface area contributed by atoms with Crippen LogP contribution in [0, 0.1) is 34.0 Å². The van der Waals surface area contributed by atoms with Crippen LogP contribution < -0.4 is 0 Å². The average Bonchev–Trinajstić information content (AvgIpc) is 2.73. The van der Waals surface area contributed by atoms with Gasteiger partial charge in [-0.05, 0) is 86.9 Å². The van der Waals surface area contributed by atoms with Crippen LogP contribution in [0.15, 0.2) is 0 Å². The number of carboxylic acid groups (broad SMARTS) is 1. The molecule has 4 fully saturated rings. The van der Waals surface area contributed by atoms with E-state index in [1.807, 2.05) is 6.92 Å². The van der Waals surface area contributed by atoms with E-state index in [4.69, 9.17) is 0 Å². The Balaban J connectivity index is 1.73. The minimum atomic E-state index is -0.900. The van der Waals surface area contributed by atoms with Crippen LogP contribution in [-0.4, -0.2) is 33.5 Å². The Bertz CT molecular complexity index is 562. The van der Waals surface area contributed by atoms with E-state index in [0.717, 1.165) is 57.8 Å². The molecule has 0 aliphatic heterocycles. The predicted octanol–water partition coefficient (Wildman–Crippen LogP) is 3.21. The van der Waals surface area contributed by atoms with Crippen molar-refractivity contribution in [1.82, 2.24) is 0 Å². The van der Waals surface area contributed by atoms with Crippen LogP contribution in [0.25, 0.3) is 0 Å². The van der Waals surface area contributed by atoms with Crippen LogP contribution in [0.3, 0.4) is 0 Å². The molecule has 4 aliphatic carbocycles. The first-order chi connectivity index (χ1) is 11.2. The number of aliphatic hydroxyl groups is 2. The molecule has 0 radical (unpaired) electrons. The smallest absolute Gasteiger partial charge is 0.309 e. The quantitative estimate of drug-likeness (QED) is 0.723. The monoisotopic (exact) mass is 336 g/mol. The van der Waals surface area contributed by atoms with E-state index in [2.05, 4.69) is 6.92 Å². The summed E-state index contributed by atoms with van der Waals surface area (Å²) in [5.41, 5.74) is -1.31. The fourth-order valence-corrected chi connectivity index (χ4v) is 8.06. The van der Waals surface area contributed by atoms with Crippen molar-refractivity contribution < 1.29 is 20.1 Å². The summed E-state index contributed by atoms with van der Waals surface area (Å²) in [7, 11) is 0.